The summed E-state index contributed by atoms with van der Waals surface area (Å²) in [6.45, 7) is 7.36. The Bertz CT molecular complexity index is 1530. The van der Waals surface area contributed by atoms with Gasteiger partial charge in [-0.3, -0.25) is 9.59 Å². The summed E-state index contributed by atoms with van der Waals surface area (Å²) in [4.78, 5) is 39.1. The lowest BCUT2D eigenvalue weighted by molar-refractivity contribution is -0.184. The van der Waals surface area contributed by atoms with Crippen molar-refractivity contribution in [2.45, 2.75) is 65.8 Å². The Morgan fingerprint density at radius 3 is 2.23 bits per heavy atom. The van der Waals surface area contributed by atoms with Gasteiger partial charge in [-0.15, -0.1) is 0 Å². The molecule has 1 saturated carbocycles. The number of ether oxygens (including phenoxy) is 5. The first-order valence-corrected chi connectivity index (χ1v) is 13.3. The van der Waals surface area contributed by atoms with Crippen molar-refractivity contribution in [1.82, 2.24) is 0 Å². The lowest BCUT2D eigenvalue weighted by Crippen LogP contribution is -2.48. The zero-order valence-electron chi connectivity index (χ0n) is 23.7. The fourth-order valence-corrected chi connectivity index (χ4v) is 5.82. The normalized spacial score (nSPS) is 22.7. The first-order chi connectivity index (χ1) is 19.0. The Kier molecular flexibility index (Phi) is 6.80. The number of carbonyl (C=O) groups excluding carboxylic acids is 2. The first-order valence-electron chi connectivity index (χ1n) is 13.3. The molecule has 0 spiro atoms. The highest BCUT2D eigenvalue weighted by molar-refractivity contribution is 5.93. The highest BCUT2D eigenvalue weighted by Gasteiger charge is 2.76. The molecule has 0 radical (unpaired) electrons. The van der Waals surface area contributed by atoms with Crippen LogP contribution >= 0.6 is 0 Å². The third-order valence-corrected chi connectivity index (χ3v) is 8.92. The summed E-state index contributed by atoms with van der Waals surface area (Å²) in [5.41, 5.74) is -1.61. The van der Waals surface area contributed by atoms with Gasteiger partial charge in [-0.05, 0) is 49.6 Å². The molecule has 1 aromatic heterocycles. The second kappa shape index (κ2) is 9.87. The van der Waals surface area contributed by atoms with E-state index in [1.807, 2.05) is 39.8 Å². The molecule has 9 heteroatoms. The van der Waals surface area contributed by atoms with Gasteiger partial charge in [-0.25, -0.2) is 4.79 Å². The van der Waals surface area contributed by atoms with Gasteiger partial charge in [0, 0.05) is 24.0 Å². The number of aryl methyl sites for hydroxylation is 1. The Balaban J connectivity index is 1.49. The maximum atomic E-state index is 13.6. The maximum Gasteiger partial charge on any atom is 0.351 e. The predicted octanol–water partition coefficient (Wildman–Crippen LogP) is 5.12. The van der Waals surface area contributed by atoms with Gasteiger partial charge in [0.05, 0.1) is 30.6 Å². The molecular formula is C31H34O9. The first kappa shape index (κ1) is 27.6. The highest BCUT2D eigenvalue weighted by Crippen LogP contribution is 2.65. The van der Waals surface area contributed by atoms with Gasteiger partial charge in [0.1, 0.15) is 41.8 Å². The van der Waals surface area contributed by atoms with Gasteiger partial charge in [-0.1, -0.05) is 20.8 Å². The molecule has 2 bridgehead atoms. The summed E-state index contributed by atoms with van der Waals surface area (Å²) in [6.07, 6.45) is 1.42. The molecule has 2 unspecified atom stereocenters. The van der Waals surface area contributed by atoms with Crippen molar-refractivity contribution in [1.29, 1.82) is 0 Å². The van der Waals surface area contributed by atoms with Gasteiger partial charge >= 0.3 is 11.9 Å². The van der Waals surface area contributed by atoms with Crippen LogP contribution in [0.3, 0.4) is 0 Å². The van der Waals surface area contributed by atoms with Crippen LogP contribution in [0.2, 0.25) is 0 Å². The highest BCUT2D eigenvalue weighted by atomic mass is 16.6. The Morgan fingerprint density at radius 2 is 1.65 bits per heavy atom. The Hall–Kier alpha value is -4.01. The van der Waals surface area contributed by atoms with Crippen LogP contribution in [0.15, 0.2) is 45.6 Å². The molecule has 2 aliphatic rings. The molecule has 2 fully saturated rings. The summed E-state index contributed by atoms with van der Waals surface area (Å²) in [5.74, 6) is 1.09. The number of carbonyl (C=O) groups is 2. The van der Waals surface area contributed by atoms with Gasteiger partial charge in [0.2, 0.25) is 5.60 Å². The molecule has 9 nitrogen and oxygen atoms in total. The van der Waals surface area contributed by atoms with E-state index in [1.54, 1.807) is 32.4 Å². The lowest BCUT2D eigenvalue weighted by Gasteiger charge is -2.34. The quantitative estimate of drug-likeness (QED) is 0.335. The third kappa shape index (κ3) is 4.10. The van der Waals surface area contributed by atoms with Crippen LogP contribution in [-0.2, 0) is 38.7 Å². The predicted molar refractivity (Wildman–Crippen MR) is 145 cm³/mol. The number of methoxy groups -OCH3 is 2. The molecule has 1 aliphatic carbocycles. The Morgan fingerprint density at radius 1 is 0.950 bits per heavy atom. The van der Waals surface area contributed by atoms with Crippen LogP contribution in [0.4, 0.5) is 0 Å². The van der Waals surface area contributed by atoms with Crippen LogP contribution in [0.25, 0.3) is 11.0 Å². The molecule has 0 N–H and O–H groups in total. The second-order valence-electron chi connectivity index (χ2n) is 11.1. The van der Waals surface area contributed by atoms with Crippen LogP contribution in [0.5, 0.6) is 17.2 Å². The average Bonchev–Trinajstić information content (AvgIpc) is 3.24. The van der Waals surface area contributed by atoms with E-state index in [2.05, 4.69) is 0 Å². The summed E-state index contributed by atoms with van der Waals surface area (Å²) in [7, 11) is 3.13. The molecule has 1 saturated heterocycles. The molecule has 0 amide bonds. The van der Waals surface area contributed by atoms with Crippen molar-refractivity contribution >= 4 is 22.9 Å². The maximum absolute atomic E-state index is 13.6. The topological polar surface area (TPSA) is 110 Å². The summed E-state index contributed by atoms with van der Waals surface area (Å²) in [6, 6.07) is 10.2. The number of hydrogen-bond acceptors (Lipinski definition) is 9. The number of fused-ring (bicyclic) bond motifs is 3. The number of benzene rings is 2. The van der Waals surface area contributed by atoms with Crippen LogP contribution in [0, 0.1) is 10.8 Å². The fourth-order valence-electron chi connectivity index (χ4n) is 5.82. The summed E-state index contributed by atoms with van der Waals surface area (Å²) >= 11 is 0. The Labute approximate surface area is 232 Å². The van der Waals surface area contributed by atoms with Gasteiger partial charge in [0.15, 0.2) is 5.43 Å². The molecule has 2 aromatic carbocycles. The van der Waals surface area contributed by atoms with Gasteiger partial charge in [0.25, 0.3) is 0 Å². The van der Waals surface area contributed by atoms with E-state index in [4.69, 9.17) is 28.1 Å². The minimum absolute atomic E-state index is 0.144. The molecule has 40 heavy (non-hydrogen) atoms. The van der Waals surface area contributed by atoms with Crippen molar-refractivity contribution < 1.29 is 37.7 Å². The van der Waals surface area contributed by atoms with E-state index in [-0.39, 0.29) is 30.2 Å². The van der Waals surface area contributed by atoms with Gasteiger partial charge in [-0.2, -0.15) is 0 Å². The van der Waals surface area contributed by atoms with Crippen LogP contribution in [-0.4, -0.2) is 31.8 Å². The zero-order valence-corrected chi connectivity index (χ0v) is 23.7. The van der Waals surface area contributed by atoms with E-state index in [1.165, 1.54) is 6.07 Å². The van der Waals surface area contributed by atoms with E-state index in [9.17, 15) is 14.4 Å². The number of esters is 2. The van der Waals surface area contributed by atoms with E-state index >= 15 is 0 Å². The van der Waals surface area contributed by atoms with Crippen LogP contribution < -0.4 is 19.6 Å². The van der Waals surface area contributed by atoms with Crippen molar-refractivity contribution in [2.75, 3.05) is 14.2 Å². The summed E-state index contributed by atoms with van der Waals surface area (Å²) in [5, 5.41) is 0.345. The SMILES string of the molecule is CCc1cc(=O)c2ccc(OCc3cc(OC)cc(OC)c3)c(COC(=O)C34CCC(C)(C(=O)O3)C4(C)C)c2o1. The molecular weight excluding hydrogens is 516 g/mol. The standard InChI is InChI=1S/C31H34O9/c1-7-19-15-24(32)22-8-9-25(37-16-18-12-20(35-5)14-21(13-18)36-6)23(26(22)39-19)17-38-28(34)31-11-10-30(4,27(33)40-31)29(31,2)3/h8-9,12-15H,7,10-11,16-17H2,1-6H3. The van der Waals surface area contributed by atoms with Crippen molar-refractivity contribution in [2.24, 2.45) is 10.8 Å². The smallest absolute Gasteiger partial charge is 0.351 e. The van der Waals surface area contributed by atoms with Crippen molar-refractivity contribution in [3.8, 4) is 17.2 Å². The van der Waals surface area contributed by atoms with E-state index in [0.29, 0.717) is 53.2 Å². The molecule has 1 aliphatic heterocycles. The lowest BCUT2D eigenvalue weighted by atomic mass is 9.66. The van der Waals surface area contributed by atoms with Gasteiger partial charge < -0.3 is 28.1 Å². The molecule has 2 atom stereocenters. The van der Waals surface area contributed by atoms with Crippen molar-refractivity contribution in [3.05, 3.63) is 63.5 Å². The third-order valence-electron chi connectivity index (χ3n) is 8.92. The minimum Gasteiger partial charge on any atom is -0.497 e. The monoisotopic (exact) mass is 550 g/mol. The fraction of sp³-hybridized carbons (Fsp3) is 0.452. The zero-order chi connectivity index (χ0) is 28.9. The average molecular weight is 551 g/mol. The van der Waals surface area contributed by atoms with Crippen molar-refractivity contribution in [3.63, 3.8) is 0 Å². The molecule has 5 rings (SSSR count). The molecule has 2 heterocycles. The molecule has 212 valence electrons. The van der Waals surface area contributed by atoms with E-state index < -0.39 is 22.4 Å². The second-order valence-corrected chi connectivity index (χ2v) is 11.1. The van der Waals surface area contributed by atoms with E-state index in [0.717, 1.165) is 5.56 Å². The minimum atomic E-state index is -1.38. The number of rotatable bonds is 9. The number of hydrogen-bond donors (Lipinski definition) is 0. The largest absolute Gasteiger partial charge is 0.497 e. The summed E-state index contributed by atoms with van der Waals surface area (Å²) < 4.78 is 34.5. The van der Waals surface area contributed by atoms with Crippen LogP contribution in [0.1, 0.15) is 57.4 Å². The molecule has 3 aromatic rings.